The number of rotatable bonds is 14. The van der Waals surface area contributed by atoms with Gasteiger partial charge in [-0.25, -0.2) is 4.79 Å². The van der Waals surface area contributed by atoms with Gasteiger partial charge >= 0.3 is 18.0 Å². The van der Waals surface area contributed by atoms with Crippen LogP contribution < -0.4 is 21.7 Å². The van der Waals surface area contributed by atoms with Crippen LogP contribution in [0.3, 0.4) is 0 Å². The summed E-state index contributed by atoms with van der Waals surface area (Å²) < 4.78 is 15.4. The molecule has 2 amide bonds. The van der Waals surface area contributed by atoms with Gasteiger partial charge in [0.15, 0.2) is 0 Å². The summed E-state index contributed by atoms with van der Waals surface area (Å²) in [7, 11) is 2.43. The number of primary amides is 1. The summed E-state index contributed by atoms with van der Waals surface area (Å²) in [5.41, 5.74) is 7.37. The van der Waals surface area contributed by atoms with E-state index in [4.69, 9.17) is 19.9 Å². The number of hydrogen-bond acceptors (Lipinski definition) is 9. The average Bonchev–Trinajstić information content (AvgIpc) is 3.39. The predicted octanol–water partition coefficient (Wildman–Crippen LogP) is 2.48. The van der Waals surface area contributed by atoms with Gasteiger partial charge in [-0.3, -0.25) is 19.7 Å². The lowest BCUT2D eigenvalue weighted by atomic mass is 9.96. The molecule has 0 fully saturated rings. The summed E-state index contributed by atoms with van der Waals surface area (Å²) in [4.78, 5) is 53.9. The number of aromatic amines is 1. The fourth-order valence-electron chi connectivity index (χ4n) is 4.71. The molecule has 0 aliphatic carbocycles. The zero-order chi connectivity index (χ0) is 31.6. The van der Waals surface area contributed by atoms with E-state index < -0.39 is 53.7 Å². The Morgan fingerprint density at radius 2 is 1.60 bits per heavy atom. The minimum atomic E-state index is -1.14. The van der Waals surface area contributed by atoms with Gasteiger partial charge in [0.2, 0.25) is 5.91 Å². The van der Waals surface area contributed by atoms with E-state index in [-0.39, 0.29) is 13.0 Å². The number of benzene rings is 2. The van der Waals surface area contributed by atoms with Crippen LogP contribution >= 0.6 is 0 Å². The van der Waals surface area contributed by atoms with Gasteiger partial charge in [0.25, 0.3) is 0 Å². The van der Waals surface area contributed by atoms with Crippen molar-refractivity contribution in [3.63, 3.8) is 0 Å². The molecule has 0 spiro atoms. The second-order valence-electron chi connectivity index (χ2n) is 11.1. The molecule has 3 aromatic rings. The van der Waals surface area contributed by atoms with Crippen molar-refractivity contribution in [2.24, 2.45) is 5.73 Å². The summed E-state index contributed by atoms with van der Waals surface area (Å²) in [6.07, 6.45) is 1.02. The van der Waals surface area contributed by atoms with Crippen LogP contribution in [0.4, 0.5) is 4.79 Å². The molecule has 0 aliphatic heterocycles. The van der Waals surface area contributed by atoms with Crippen molar-refractivity contribution in [2.75, 3.05) is 20.8 Å². The molecule has 0 saturated heterocycles. The summed E-state index contributed by atoms with van der Waals surface area (Å²) in [6.45, 7) is 5.27. The molecular formula is C31H41N5O7. The van der Waals surface area contributed by atoms with Crippen molar-refractivity contribution in [2.45, 2.75) is 63.4 Å². The molecule has 232 valence electrons. The highest BCUT2D eigenvalue weighted by atomic mass is 16.6. The van der Waals surface area contributed by atoms with E-state index in [2.05, 4.69) is 20.9 Å². The first kappa shape index (κ1) is 33.1. The van der Waals surface area contributed by atoms with Crippen molar-refractivity contribution in [1.29, 1.82) is 0 Å². The molecule has 0 unspecified atom stereocenters. The Bertz CT molecular complexity index is 1390. The SMILES string of the molecule is COC(=O)C[C@H](N[C@H](CN[C@@H](Cc1ccccc1)C(N)=O)[C@@H](NC(=O)OC(C)(C)C)c1c[nH]c2ccccc12)C(=O)OC. The number of nitrogens with two attached hydrogens (primary N) is 1. The lowest BCUT2D eigenvalue weighted by Gasteiger charge is -2.33. The summed E-state index contributed by atoms with van der Waals surface area (Å²) in [6, 6.07) is 13.4. The predicted molar refractivity (Wildman–Crippen MR) is 161 cm³/mol. The van der Waals surface area contributed by atoms with E-state index in [0.717, 1.165) is 16.5 Å². The normalized spacial score (nSPS) is 14.3. The van der Waals surface area contributed by atoms with Crippen LogP contribution in [0.5, 0.6) is 0 Å². The maximum absolute atomic E-state index is 13.2. The molecule has 0 saturated carbocycles. The Kier molecular flexibility index (Phi) is 11.7. The number of para-hydroxylation sites is 1. The average molecular weight is 596 g/mol. The summed E-state index contributed by atoms with van der Waals surface area (Å²) in [5.74, 6) is -1.93. The fourth-order valence-corrected chi connectivity index (χ4v) is 4.71. The number of nitrogens with one attached hydrogen (secondary N) is 4. The van der Waals surface area contributed by atoms with Gasteiger partial charge in [-0.2, -0.15) is 0 Å². The standard InChI is InChI=1S/C31H41N5O7/c1-31(2,3)43-30(40)36-27(21-17-33-22-14-10-9-13-20(21)22)25(35-24(29(39)42-5)16-26(37)41-4)18-34-23(28(32)38)15-19-11-7-6-8-12-19/h6-14,17,23-25,27,33-35H,15-16,18H2,1-5H3,(H2,32,38)(H,36,40)/t23-,24-,25+,27-/m0/s1. The molecule has 1 aromatic heterocycles. The van der Waals surface area contributed by atoms with E-state index in [0.29, 0.717) is 12.0 Å². The monoisotopic (exact) mass is 595 g/mol. The Labute approximate surface area is 251 Å². The van der Waals surface area contributed by atoms with Crippen LogP contribution in [0.1, 0.15) is 44.4 Å². The Balaban J connectivity index is 2.05. The number of methoxy groups -OCH3 is 2. The molecule has 1 heterocycles. The maximum atomic E-state index is 13.2. The molecule has 4 atom stereocenters. The first-order valence-electron chi connectivity index (χ1n) is 13.9. The third kappa shape index (κ3) is 9.83. The molecule has 12 nitrogen and oxygen atoms in total. The van der Waals surface area contributed by atoms with Crippen LogP contribution in [-0.4, -0.2) is 73.4 Å². The number of ether oxygens (including phenoxy) is 3. The number of esters is 2. The van der Waals surface area contributed by atoms with Gasteiger partial charge in [-0.05, 0) is 38.8 Å². The third-order valence-electron chi connectivity index (χ3n) is 6.74. The molecule has 12 heteroatoms. The second kappa shape index (κ2) is 15.2. The number of alkyl carbamates (subject to hydrolysis) is 1. The van der Waals surface area contributed by atoms with Gasteiger partial charge in [0, 0.05) is 35.2 Å². The van der Waals surface area contributed by atoms with Crippen molar-refractivity contribution < 1.29 is 33.4 Å². The van der Waals surface area contributed by atoms with Crippen LogP contribution in [-0.2, 0) is 35.0 Å². The lowest BCUT2D eigenvalue weighted by Crippen LogP contribution is -2.57. The van der Waals surface area contributed by atoms with Crippen molar-refractivity contribution in [3.05, 3.63) is 71.9 Å². The molecule has 0 radical (unpaired) electrons. The van der Waals surface area contributed by atoms with E-state index in [1.54, 1.807) is 27.0 Å². The number of carbonyl (C=O) groups is 4. The lowest BCUT2D eigenvalue weighted by molar-refractivity contribution is -0.149. The minimum Gasteiger partial charge on any atom is -0.469 e. The fraction of sp³-hybridized carbons (Fsp3) is 0.419. The molecule has 6 N–H and O–H groups in total. The van der Waals surface area contributed by atoms with Crippen LogP contribution in [0, 0.1) is 0 Å². The van der Waals surface area contributed by atoms with E-state index >= 15 is 0 Å². The Hall–Kier alpha value is -4.42. The van der Waals surface area contributed by atoms with Crippen LogP contribution in [0.2, 0.25) is 0 Å². The number of hydrogen-bond donors (Lipinski definition) is 5. The van der Waals surface area contributed by atoms with E-state index in [1.165, 1.54) is 14.2 Å². The zero-order valence-electron chi connectivity index (χ0n) is 25.1. The molecule has 3 rings (SSSR count). The Morgan fingerprint density at radius 3 is 2.23 bits per heavy atom. The van der Waals surface area contributed by atoms with Gasteiger partial charge in [-0.15, -0.1) is 0 Å². The van der Waals surface area contributed by atoms with Crippen molar-refractivity contribution >= 4 is 34.8 Å². The van der Waals surface area contributed by atoms with Crippen molar-refractivity contribution in [1.82, 2.24) is 20.9 Å². The largest absolute Gasteiger partial charge is 0.469 e. The highest BCUT2D eigenvalue weighted by Gasteiger charge is 2.34. The number of H-pyrrole nitrogens is 1. The molecule has 2 aromatic carbocycles. The third-order valence-corrected chi connectivity index (χ3v) is 6.74. The van der Waals surface area contributed by atoms with Crippen LogP contribution in [0.15, 0.2) is 60.8 Å². The second-order valence-corrected chi connectivity index (χ2v) is 11.1. The molecule has 43 heavy (non-hydrogen) atoms. The minimum absolute atomic E-state index is 0.0368. The zero-order valence-corrected chi connectivity index (χ0v) is 25.1. The first-order chi connectivity index (χ1) is 20.4. The van der Waals surface area contributed by atoms with Gasteiger partial charge in [0.1, 0.15) is 11.6 Å². The Morgan fingerprint density at radius 1 is 0.930 bits per heavy atom. The number of fused-ring (bicyclic) bond motifs is 1. The molecule has 0 aliphatic rings. The van der Waals surface area contributed by atoms with E-state index in [9.17, 15) is 19.2 Å². The van der Waals surface area contributed by atoms with Crippen LogP contribution in [0.25, 0.3) is 10.9 Å². The first-order valence-corrected chi connectivity index (χ1v) is 13.9. The summed E-state index contributed by atoms with van der Waals surface area (Å²) in [5, 5.41) is 10.1. The maximum Gasteiger partial charge on any atom is 0.408 e. The number of carbonyl (C=O) groups excluding carboxylic acids is 4. The van der Waals surface area contributed by atoms with Gasteiger partial charge in [-0.1, -0.05) is 48.5 Å². The topological polar surface area (TPSA) is 174 Å². The quantitative estimate of drug-likeness (QED) is 0.139. The van der Waals surface area contributed by atoms with E-state index in [1.807, 2.05) is 54.6 Å². The molecule has 0 bridgehead atoms. The van der Waals surface area contributed by atoms with Gasteiger partial charge in [0.05, 0.1) is 32.7 Å². The summed E-state index contributed by atoms with van der Waals surface area (Å²) >= 11 is 0. The molecular weight excluding hydrogens is 554 g/mol. The smallest absolute Gasteiger partial charge is 0.408 e. The van der Waals surface area contributed by atoms with Gasteiger partial charge < -0.3 is 35.6 Å². The number of aromatic nitrogens is 1. The highest BCUT2D eigenvalue weighted by molar-refractivity contribution is 5.85. The number of amides is 2. The highest BCUT2D eigenvalue weighted by Crippen LogP contribution is 2.27. The van der Waals surface area contributed by atoms with Crippen molar-refractivity contribution in [3.8, 4) is 0 Å².